The molecule has 0 aliphatic heterocycles. The fourth-order valence-corrected chi connectivity index (χ4v) is 6.08. The Kier molecular flexibility index (Phi) is 35.1. The van der Waals surface area contributed by atoms with Crippen molar-refractivity contribution in [2.24, 2.45) is 5.73 Å². The van der Waals surface area contributed by atoms with Gasteiger partial charge < -0.3 is 21.1 Å². The number of unbranched alkanes of at least 4 members (excludes halogenated alkanes) is 18. The predicted molar refractivity (Wildman–Crippen MR) is 207 cm³/mol. The zero-order chi connectivity index (χ0) is 36.1. The van der Waals surface area contributed by atoms with Crippen molar-refractivity contribution in [3.8, 4) is 0 Å². The van der Waals surface area contributed by atoms with Crippen molar-refractivity contribution in [3.63, 3.8) is 0 Å². The van der Waals surface area contributed by atoms with Gasteiger partial charge in [-0.1, -0.05) is 146 Å². The molecule has 5 N–H and O–H groups in total. The van der Waals surface area contributed by atoms with E-state index >= 15 is 0 Å². The van der Waals surface area contributed by atoms with E-state index in [4.69, 9.17) is 14.8 Å². The Morgan fingerprint density at radius 2 is 1.10 bits per heavy atom. The number of hydrogen-bond acceptors (Lipinski definition) is 6. The van der Waals surface area contributed by atoms with Crippen molar-refractivity contribution in [3.05, 3.63) is 48.6 Å². The number of phosphoric ester groups is 1. The van der Waals surface area contributed by atoms with Gasteiger partial charge in [-0.05, 0) is 64.2 Å². The first kappa shape index (κ1) is 47.5. The van der Waals surface area contributed by atoms with E-state index in [2.05, 4.69) is 55.6 Å². The van der Waals surface area contributed by atoms with E-state index in [0.717, 1.165) is 51.4 Å². The van der Waals surface area contributed by atoms with Crippen molar-refractivity contribution in [2.75, 3.05) is 19.8 Å². The van der Waals surface area contributed by atoms with Crippen LogP contribution in [0.4, 0.5) is 0 Å². The maximum Gasteiger partial charge on any atom is 0.472 e. The third kappa shape index (κ3) is 34.7. The summed E-state index contributed by atoms with van der Waals surface area (Å²) < 4.78 is 22.0. The SMILES string of the molecule is CCCC/C=C/CC/C=C/CC/C=C/C(O)C(COP(=O)(O)OCCN)NC(=O)CCCCCCCCC/C=C\CCCCCCCCC. The molecule has 0 fully saturated rings. The summed E-state index contributed by atoms with van der Waals surface area (Å²) in [6, 6.07) is -0.884. The molecular weight excluding hydrogens is 635 g/mol. The number of carbonyl (C=O) groups excluding carboxylic acids is 1. The molecule has 0 aromatic rings. The van der Waals surface area contributed by atoms with Gasteiger partial charge in [0.05, 0.1) is 25.4 Å². The molecule has 0 saturated heterocycles. The van der Waals surface area contributed by atoms with Gasteiger partial charge in [0.1, 0.15) is 0 Å². The monoisotopic (exact) mass is 711 g/mol. The lowest BCUT2D eigenvalue weighted by Crippen LogP contribution is -2.45. The molecule has 1 amide bonds. The minimum absolute atomic E-state index is 0.0697. The molecule has 0 aliphatic rings. The Morgan fingerprint density at radius 1 is 0.653 bits per heavy atom. The summed E-state index contributed by atoms with van der Waals surface area (Å²) in [5.74, 6) is -0.216. The largest absolute Gasteiger partial charge is 0.472 e. The Balaban J connectivity index is 4.30. The van der Waals surface area contributed by atoms with E-state index in [0.29, 0.717) is 6.42 Å². The molecule has 0 aromatic heterocycles. The van der Waals surface area contributed by atoms with E-state index in [-0.39, 0.29) is 25.7 Å². The van der Waals surface area contributed by atoms with E-state index in [1.54, 1.807) is 6.08 Å². The molecule has 0 radical (unpaired) electrons. The van der Waals surface area contributed by atoms with Gasteiger partial charge in [0, 0.05) is 13.0 Å². The maximum atomic E-state index is 12.7. The second kappa shape index (κ2) is 36.3. The number of nitrogens with two attached hydrogens (primary N) is 1. The Morgan fingerprint density at radius 3 is 1.63 bits per heavy atom. The molecule has 49 heavy (non-hydrogen) atoms. The van der Waals surface area contributed by atoms with Gasteiger partial charge in [-0.3, -0.25) is 13.8 Å². The van der Waals surface area contributed by atoms with Crippen LogP contribution in [0.2, 0.25) is 0 Å². The van der Waals surface area contributed by atoms with Gasteiger partial charge in [-0.2, -0.15) is 0 Å². The minimum Gasteiger partial charge on any atom is -0.387 e. The fraction of sp³-hybridized carbons (Fsp3) is 0.775. The van der Waals surface area contributed by atoms with Crippen LogP contribution >= 0.6 is 7.82 Å². The van der Waals surface area contributed by atoms with E-state index in [1.165, 1.54) is 96.3 Å². The van der Waals surface area contributed by atoms with Crippen molar-refractivity contribution < 1.29 is 28.4 Å². The van der Waals surface area contributed by atoms with Crippen LogP contribution in [-0.4, -0.2) is 47.8 Å². The number of amides is 1. The summed E-state index contributed by atoms with van der Waals surface area (Å²) in [5, 5.41) is 13.6. The summed E-state index contributed by atoms with van der Waals surface area (Å²) in [7, 11) is -4.35. The average molecular weight is 711 g/mol. The van der Waals surface area contributed by atoms with Crippen molar-refractivity contribution >= 4 is 13.7 Å². The van der Waals surface area contributed by atoms with Gasteiger partial charge in [-0.25, -0.2) is 4.57 Å². The highest BCUT2D eigenvalue weighted by Crippen LogP contribution is 2.43. The van der Waals surface area contributed by atoms with Crippen molar-refractivity contribution in [2.45, 2.75) is 180 Å². The second-order valence-electron chi connectivity index (χ2n) is 13.1. The molecular formula is C40H75N2O6P. The number of hydrogen-bond donors (Lipinski definition) is 4. The summed E-state index contributed by atoms with van der Waals surface area (Å²) in [6.07, 6.45) is 43.0. The van der Waals surface area contributed by atoms with Crippen LogP contribution in [0.1, 0.15) is 168 Å². The highest BCUT2D eigenvalue weighted by Gasteiger charge is 2.26. The molecule has 0 aliphatic carbocycles. The van der Waals surface area contributed by atoms with E-state index < -0.39 is 20.0 Å². The lowest BCUT2D eigenvalue weighted by atomic mass is 10.1. The fourth-order valence-electron chi connectivity index (χ4n) is 5.32. The molecule has 0 rings (SSSR count). The van der Waals surface area contributed by atoms with Crippen LogP contribution in [0.25, 0.3) is 0 Å². The molecule has 9 heteroatoms. The lowest BCUT2D eigenvalue weighted by Gasteiger charge is -2.23. The molecule has 0 bridgehead atoms. The van der Waals surface area contributed by atoms with Crippen molar-refractivity contribution in [1.29, 1.82) is 0 Å². The van der Waals surface area contributed by atoms with Gasteiger partial charge >= 0.3 is 7.82 Å². The van der Waals surface area contributed by atoms with E-state index in [9.17, 15) is 19.4 Å². The van der Waals surface area contributed by atoms with Gasteiger partial charge in [0.25, 0.3) is 0 Å². The lowest BCUT2D eigenvalue weighted by molar-refractivity contribution is -0.123. The first-order valence-corrected chi connectivity index (χ1v) is 21.3. The molecule has 0 heterocycles. The Labute approximate surface area is 301 Å². The number of aliphatic hydroxyl groups excluding tert-OH is 1. The molecule has 0 spiro atoms. The Bertz CT molecular complexity index is 907. The molecule has 0 aromatic carbocycles. The maximum absolute atomic E-state index is 12.7. The van der Waals surface area contributed by atoms with Gasteiger partial charge in [0.15, 0.2) is 0 Å². The predicted octanol–water partition coefficient (Wildman–Crippen LogP) is 10.6. The van der Waals surface area contributed by atoms with Crippen LogP contribution in [0.15, 0.2) is 48.6 Å². The minimum atomic E-state index is -4.35. The molecule has 3 atom stereocenters. The smallest absolute Gasteiger partial charge is 0.387 e. The Hall–Kier alpha value is -1.54. The number of aliphatic hydroxyl groups is 1. The molecule has 0 saturated carbocycles. The standard InChI is InChI=1S/C40H75N2O6P/c1-3-5-7-9-11-13-15-17-18-19-20-21-22-24-26-28-30-32-34-40(44)42-38(37-48-49(45,46)47-36-35-41)39(43)33-31-29-27-25-23-16-14-12-10-8-6-4-2/h10,12,18-19,23,25,31,33,38-39,43H,3-9,11,13-17,20-22,24,26-30,32,34-37,41H2,1-2H3,(H,42,44)(H,45,46)/b12-10+,19-18-,25-23+,33-31+. The number of rotatable bonds is 36. The third-order valence-electron chi connectivity index (χ3n) is 8.35. The van der Waals surface area contributed by atoms with Crippen molar-refractivity contribution in [1.82, 2.24) is 5.32 Å². The summed E-state index contributed by atoms with van der Waals surface area (Å²) in [4.78, 5) is 22.6. The quantitative estimate of drug-likeness (QED) is 0.0289. The van der Waals surface area contributed by atoms with Gasteiger partial charge in [0.2, 0.25) is 5.91 Å². The van der Waals surface area contributed by atoms with Crippen LogP contribution in [-0.2, 0) is 18.4 Å². The zero-order valence-corrected chi connectivity index (χ0v) is 32.3. The van der Waals surface area contributed by atoms with E-state index in [1.807, 2.05) is 6.08 Å². The summed E-state index contributed by atoms with van der Waals surface area (Å²) >= 11 is 0. The number of nitrogens with one attached hydrogen (secondary N) is 1. The third-order valence-corrected chi connectivity index (χ3v) is 9.34. The molecule has 286 valence electrons. The highest BCUT2D eigenvalue weighted by molar-refractivity contribution is 7.47. The average Bonchev–Trinajstić information content (AvgIpc) is 3.09. The summed E-state index contributed by atoms with van der Waals surface area (Å²) in [5.41, 5.74) is 5.35. The number of allylic oxidation sites excluding steroid dienone is 7. The molecule has 3 unspecified atom stereocenters. The number of phosphoric acid groups is 1. The normalized spacial score (nSPS) is 14.8. The first-order chi connectivity index (χ1) is 23.9. The van der Waals surface area contributed by atoms with Crippen LogP contribution in [0, 0.1) is 0 Å². The topological polar surface area (TPSA) is 131 Å². The molecule has 8 nitrogen and oxygen atoms in total. The van der Waals surface area contributed by atoms with Crippen LogP contribution < -0.4 is 11.1 Å². The second-order valence-corrected chi connectivity index (χ2v) is 14.6. The van der Waals surface area contributed by atoms with Crippen LogP contribution in [0.3, 0.4) is 0 Å². The first-order valence-electron chi connectivity index (χ1n) is 19.8. The highest BCUT2D eigenvalue weighted by atomic mass is 31.2. The van der Waals surface area contributed by atoms with Gasteiger partial charge in [-0.15, -0.1) is 0 Å². The summed E-state index contributed by atoms with van der Waals surface area (Å²) in [6.45, 7) is 4.03. The van der Waals surface area contributed by atoms with Crippen LogP contribution in [0.5, 0.6) is 0 Å². The number of carbonyl (C=O) groups is 1. The zero-order valence-electron chi connectivity index (χ0n) is 31.4.